The molecule has 6 nitrogen and oxygen atoms in total. The molecule has 130 valence electrons. The summed E-state index contributed by atoms with van der Waals surface area (Å²) in [6.45, 7) is 8.01. The minimum Gasteiger partial charge on any atom is -0.369 e. The van der Waals surface area contributed by atoms with Crippen molar-refractivity contribution in [2.75, 3.05) is 50.7 Å². The molecule has 24 heavy (non-hydrogen) atoms. The van der Waals surface area contributed by atoms with E-state index < -0.39 is 0 Å². The van der Waals surface area contributed by atoms with Crippen molar-refractivity contribution in [2.45, 2.75) is 12.8 Å². The number of H-pyrrole nitrogens is 1. The standard InChI is InChI=1S/C18H27N5O/c1-21-17-12-15(2-3-16(17)20-18(21)24)23-10-8-22(9-11-23)13-14-4-6-19-7-5-14/h2-3,12,14,19H,4-11,13H2,1H3,(H,20,24). The van der Waals surface area contributed by atoms with Gasteiger partial charge in [-0.05, 0) is 50.0 Å². The normalized spacial score (nSPS) is 20.8. The number of aromatic amines is 1. The molecule has 4 rings (SSSR count). The van der Waals surface area contributed by atoms with Gasteiger partial charge in [-0.15, -0.1) is 0 Å². The summed E-state index contributed by atoms with van der Waals surface area (Å²) >= 11 is 0. The van der Waals surface area contributed by atoms with Gasteiger partial charge in [0.1, 0.15) is 0 Å². The molecular weight excluding hydrogens is 302 g/mol. The van der Waals surface area contributed by atoms with E-state index in [4.69, 9.17) is 0 Å². The Hall–Kier alpha value is -1.79. The molecule has 0 amide bonds. The van der Waals surface area contributed by atoms with Crippen molar-refractivity contribution in [1.29, 1.82) is 0 Å². The third kappa shape index (κ3) is 3.08. The first-order valence-corrected chi connectivity index (χ1v) is 9.07. The first-order chi connectivity index (χ1) is 11.7. The zero-order valence-corrected chi connectivity index (χ0v) is 14.4. The fourth-order valence-corrected chi connectivity index (χ4v) is 4.03. The van der Waals surface area contributed by atoms with Crippen LogP contribution in [0.2, 0.25) is 0 Å². The van der Waals surface area contributed by atoms with Gasteiger partial charge in [-0.1, -0.05) is 0 Å². The van der Waals surface area contributed by atoms with Crippen molar-refractivity contribution in [3.8, 4) is 0 Å². The summed E-state index contributed by atoms with van der Waals surface area (Å²) in [5.74, 6) is 0.864. The van der Waals surface area contributed by atoms with E-state index in [-0.39, 0.29) is 5.69 Å². The molecule has 1 aromatic carbocycles. The summed E-state index contributed by atoms with van der Waals surface area (Å²) in [7, 11) is 1.82. The third-order valence-corrected chi connectivity index (χ3v) is 5.60. The highest BCUT2D eigenvalue weighted by atomic mass is 16.1. The minimum absolute atomic E-state index is 0.0473. The molecule has 0 aliphatic carbocycles. The van der Waals surface area contributed by atoms with Gasteiger partial charge in [-0.25, -0.2) is 4.79 Å². The summed E-state index contributed by atoms with van der Waals surface area (Å²) in [6.07, 6.45) is 2.64. The van der Waals surface area contributed by atoms with E-state index in [1.165, 1.54) is 38.2 Å². The fraction of sp³-hybridized carbons (Fsp3) is 0.611. The number of rotatable bonds is 3. The maximum atomic E-state index is 11.7. The molecule has 0 unspecified atom stereocenters. The third-order valence-electron chi connectivity index (χ3n) is 5.60. The molecule has 2 fully saturated rings. The predicted octanol–water partition coefficient (Wildman–Crippen LogP) is 0.988. The largest absolute Gasteiger partial charge is 0.369 e. The average Bonchev–Trinajstić information content (AvgIpc) is 2.90. The number of nitrogens with one attached hydrogen (secondary N) is 2. The van der Waals surface area contributed by atoms with E-state index >= 15 is 0 Å². The molecular formula is C18H27N5O. The molecule has 0 spiro atoms. The Balaban J connectivity index is 1.40. The number of nitrogens with zero attached hydrogens (tertiary/aromatic N) is 3. The fourth-order valence-electron chi connectivity index (χ4n) is 4.03. The Bertz CT molecular complexity index is 750. The van der Waals surface area contributed by atoms with Crippen molar-refractivity contribution in [3.63, 3.8) is 0 Å². The van der Waals surface area contributed by atoms with Crippen LogP contribution in [0.4, 0.5) is 5.69 Å². The summed E-state index contributed by atoms with van der Waals surface area (Å²) in [5.41, 5.74) is 3.07. The zero-order valence-electron chi connectivity index (χ0n) is 14.4. The summed E-state index contributed by atoms with van der Waals surface area (Å²) < 4.78 is 1.69. The highest BCUT2D eigenvalue weighted by Gasteiger charge is 2.21. The Kier molecular flexibility index (Phi) is 4.33. The Morgan fingerprint density at radius 1 is 1.12 bits per heavy atom. The molecule has 0 atom stereocenters. The lowest BCUT2D eigenvalue weighted by Gasteiger charge is -2.38. The summed E-state index contributed by atoms with van der Waals surface area (Å²) in [6, 6.07) is 6.28. The van der Waals surface area contributed by atoms with Crippen LogP contribution in [0.5, 0.6) is 0 Å². The molecule has 2 aliphatic rings. The van der Waals surface area contributed by atoms with Crippen LogP contribution in [-0.2, 0) is 7.05 Å². The van der Waals surface area contributed by atoms with Crippen LogP contribution in [0.3, 0.4) is 0 Å². The number of aryl methyl sites for hydroxylation is 1. The Morgan fingerprint density at radius 2 is 1.88 bits per heavy atom. The number of piperazine rings is 1. The molecule has 2 aliphatic heterocycles. The zero-order chi connectivity index (χ0) is 16.5. The van der Waals surface area contributed by atoms with Crippen LogP contribution in [-0.4, -0.2) is 60.3 Å². The molecule has 2 aromatic rings. The van der Waals surface area contributed by atoms with Crippen LogP contribution < -0.4 is 15.9 Å². The molecule has 1 aromatic heterocycles. The lowest BCUT2D eigenvalue weighted by atomic mass is 9.97. The van der Waals surface area contributed by atoms with E-state index in [1.54, 1.807) is 4.57 Å². The van der Waals surface area contributed by atoms with Crippen molar-refractivity contribution >= 4 is 16.7 Å². The number of fused-ring (bicyclic) bond motifs is 1. The average molecular weight is 329 g/mol. The van der Waals surface area contributed by atoms with Crippen LogP contribution in [0.25, 0.3) is 11.0 Å². The predicted molar refractivity (Wildman–Crippen MR) is 97.8 cm³/mol. The number of imidazole rings is 1. The summed E-state index contributed by atoms with van der Waals surface area (Å²) in [5, 5.41) is 3.45. The molecule has 2 saturated heterocycles. The van der Waals surface area contributed by atoms with Gasteiger partial charge in [0, 0.05) is 45.5 Å². The lowest BCUT2D eigenvalue weighted by Crippen LogP contribution is -2.48. The Morgan fingerprint density at radius 3 is 2.62 bits per heavy atom. The maximum absolute atomic E-state index is 11.7. The first-order valence-electron chi connectivity index (χ1n) is 9.07. The maximum Gasteiger partial charge on any atom is 0.326 e. The van der Waals surface area contributed by atoms with Crippen molar-refractivity contribution < 1.29 is 0 Å². The van der Waals surface area contributed by atoms with Crippen molar-refractivity contribution in [1.82, 2.24) is 19.8 Å². The molecule has 0 saturated carbocycles. The van der Waals surface area contributed by atoms with Gasteiger partial charge in [0.05, 0.1) is 11.0 Å². The lowest BCUT2D eigenvalue weighted by molar-refractivity contribution is 0.196. The SMILES string of the molecule is Cn1c(=O)[nH]c2ccc(N3CCN(CC4CCNCC4)CC3)cc21. The number of hydrogen-bond donors (Lipinski definition) is 2. The van der Waals surface area contributed by atoms with Gasteiger partial charge in [-0.3, -0.25) is 9.47 Å². The first kappa shape index (κ1) is 15.7. The van der Waals surface area contributed by atoms with E-state index in [0.717, 1.165) is 43.1 Å². The molecule has 0 radical (unpaired) electrons. The van der Waals surface area contributed by atoms with Crippen LogP contribution in [0, 0.1) is 5.92 Å². The van der Waals surface area contributed by atoms with Crippen molar-refractivity contribution in [3.05, 3.63) is 28.7 Å². The smallest absolute Gasteiger partial charge is 0.326 e. The second-order valence-corrected chi connectivity index (χ2v) is 7.17. The van der Waals surface area contributed by atoms with Gasteiger partial charge in [0.2, 0.25) is 0 Å². The number of piperidine rings is 1. The molecule has 6 heteroatoms. The topological polar surface area (TPSA) is 56.3 Å². The number of anilines is 1. The van der Waals surface area contributed by atoms with E-state index in [2.05, 4.69) is 32.2 Å². The summed E-state index contributed by atoms with van der Waals surface area (Å²) in [4.78, 5) is 19.7. The second-order valence-electron chi connectivity index (χ2n) is 7.17. The van der Waals surface area contributed by atoms with Gasteiger partial charge >= 0.3 is 5.69 Å². The minimum atomic E-state index is -0.0473. The van der Waals surface area contributed by atoms with Gasteiger partial charge in [0.25, 0.3) is 0 Å². The second kappa shape index (κ2) is 6.61. The number of benzene rings is 1. The number of hydrogen-bond acceptors (Lipinski definition) is 4. The van der Waals surface area contributed by atoms with Gasteiger partial charge in [0.15, 0.2) is 0 Å². The molecule has 2 N–H and O–H groups in total. The van der Waals surface area contributed by atoms with E-state index in [9.17, 15) is 4.79 Å². The van der Waals surface area contributed by atoms with E-state index in [1.807, 2.05) is 13.1 Å². The molecule has 3 heterocycles. The van der Waals surface area contributed by atoms with E-state index in [0.29, 0.717) is 0 Å². The highest BCUT2D eigenvalue weighted by Crippen LogP contribution is 2.22. The van der Waals surface area contributed by atoms with Crippen LogP contribution in [0.15, 0.2) is 23.0 Å². The van der Waals surface area contributed by atoms with Gasteiger partial charge in [-0.2, -0.15) is 0 Å². The number of aromatic nitrogens is 2. The van der Waals surface area contributed by atoms with Crippen molar-refractivity contribution in [2.24, 2.45) is 13.0 Å². The van der Waals surface area contributed by atoms with Crippen LogP contribution >= 0.6 is 0 Å². The van der Waals surface area contributed by atoms with Crippen LogP contribution in [0.1, 0.15) is 12.8 Å². The Labute approximate surface area is 142 Å². The van der Waals surface area contributed by atoms with Gasteiger partial charge < -0.3 is 15.2 Å². The molecule has 0 bridgehead atoms. The monoisotopic (exact) mass is 329 g/mol. The highest BCUT2D eigenvalue weighted by molar-refractivity contribution is 5.79. The quantitative estimate of drug-likeness (QED) is 0.882.